The highest BCUT2D eigenvalue weighted by Gasteiger charge is 2.12. The number of thioether (sulfide) groups is 1. The number of nitrogens with one attached hydrogen (secondary N) is 2. The van der Waals surface area contributed by atoms with Crippen molar-refractivity contribution in [3.05, 3.63) is 64.5 Å². The summed E-state index contributed by atoms with van der Waals surface area (Å²) in [4.78, 5) is 29.3. The molecule has 0 spiro atoms. The molecule has 0 aliphatic carbocycles. The van der Waals surface area contributed by atoms with E-state index < -0.39 is 0 Å². The maximum atomic E-state index is 12.0. The molecule has 0 radical (unpaired) electrons. The van der Waals surface area contributed by atoms with E-state index in [0.717, 1.165) is 10.6 Å². The van der Waals surface area contributed by atoms with Crippen molar-refractivity contribution in [1.29, 1.82) is 0 Å². The van der Waals surface area contributed by atoms with E-state index in [1.54, 1.807) is 29.3 Å². The van der Waals surface area contributed by atoms with Gasteiger partial charge in [0.05, 0.1) is 18.4 Å². The van der Waals surface area contributed by atoms with Gasteiger partial charge in [0, 0.05) is 27.6 Å². The predicted molar refractivity (Wildman–Crippen MR) is 108 cm³/mol. The summed E-state index contributed by atoms with van der Waals surface area (Å²) >= 11 is 8.76. The van der Waals surface area contributed by atoms with E-state index in [4.69, 9.17) is 16.0 Å². The van der Waals surface area contributed by atoms with Gasteiger partial charge in [-0.2, -0.15) is 0 Å². The van der Waals surface area contributed by atoms with Gasteiger partial charge in [-0.25, -0.2) is 4.98 Å². The Labute approximate surface area is 169 Å². The topological polar surface area (TPSA) is 84.2 Å². The van der Waals surface area contributed by atoms with Crippen LogP contribution in [0.3, 0.4) is 0 Å². The maximum Gasteiger partial charge on any atom is 0.293 e. The molecule has 0 saturated heterocycles. The molecule has 9 heteroatoms. The van der Waals surface area contributed by atoms with E-state index in [9.17, 15) is 9.59 Å². The lowest BCUT2D eigenvalue weighted by Gasteiger charge is -2.04. The molecule has 140 valence electrons. The lowest BCUT2D eigenvalue weighted by Crippen LogP contribution is -2.27. The zero-order chi connectivity index (χ0) is 19.1. The van der Waals surface area contributed by atoms with Crippen LogP contribution >= 0.6 is 34.7 Å². The number of benzene rings is 1. The second-order valence-corrected chi connectivity index (χ2v) is 7.87. The SMILES string of the molecule is O=C(Cc1csc(NC(=O)c2ccco2)n1)NCCSc1ccc(Cl)cc1. The maximum absolute atomic E-state index is 12.0. The van der Waals surface area contributed by atoms with E-state index >= 15 is 0 Å². The fourth-order valence-electron chi connectivity index (χ4n) is 2.13. The van der Waals surface area contributed by atoms with Crippen LogP contribution in [0.1, 0.15) is 16.2 Å². The number of amides is 2. The summed E-state index contributed by atoms with van der Waals surface area (Å²) in [6.45, 7) is 0.554. The summed E-state index contributed by atoms with van der Waals surface area (Å²) in [5, 5.41) is 8.39. The van der Waals surface area contributed by atoms with Crippen molar-refractivity contribution in [2.75, 3.05) is 17.6 Å². The Morgan fingerprint density at radius 3 is 2.78 bits per heavy atom. The van der Waals surface area contributed by atoms with Crippen LogP contribution in [0, 0.1) is 0 Å². The van der Waals surface area contributed by atoms with Gasteiger partial charge in [0.15, 0.2) is 10.9 Å². The molecule has 6 nitrogen and oxygen atoms in total. The number of nitrogens with zero attached hydrogens (tertiary/aromatic N) is 1. The van der Waals surface area contributed by atoms with Crippen LogP contribution in [0.5, 0.6) is 0 Å². The molecule has 0 aliphatic rings. The zero-order valence-electron chi connectivity index (χ0n) is 14.1. The number of anilines is 1. The minimum Gasteiger partial charge on any atom is -0.459 e. The first kappa shape index (κ1) is 19.5. The van der Waals surface area contributed by atoms with Crippen molar-refractivity contribution >= 4 is 51.6 Å². The van der Waals surface area contributed by atoms with Gasteiger partial charge in [0.25, 0.3) is 5.91 Å². The molecule has 1 aromatic carbocycles. The minimum absolute atomic E-state index is 0.110. The smallest absolute Gasteiger partial charge is 0.293 e. The van der Waals surface area contributed by atoms with Crippen LogP contribution < -0.4 is 10.6 Å². The summed E-state index contributed by atoms with van der Waals surface area (Å²) in [6.07, 6.45) is 1.59. The quantitative estimate of drug-likeness (QED) is 0.422. The van der Waals surface area contributed by atoms with Crippen LogP contribution in [0.2, 0.25) is 5.02 Å². The average Bonchev–Trinajstić information content (AvgIpc) is 3.32. The molecule has 3 rings (SSSR count). The number of aromatic nitrogens is 1. The van der Waals surface area contributed by atoms with Gasteiger partial charge in [0.1, 0.15) is 0 Å². The molecule has 0 saturated carbocycles. The highest BCUT2D eigenvalue weighted by Crippen LogP contribution is 2.20. The van der Waals surface area contributed by atoms with Crippen LogP contribution in [0.4, 0.5) is 5.13 Å². The Morgan fingerprint density at radius 1 is 1.22 bits per heavy atom. The molecule has 2 heterocycles. The third kappa shape index (κ3) is 6.13. The fourth-order valence-corrected chi connectivity index (χ4v) is 3.73. The van der Waals surface area contributed by atoms with Gasteiger partial charge in [-0.15, -0.1) is 23.1 Å². The minimum atomic E-state index is -0.371. The molecule has 0 unspecified atom stereocenters. The first-order chi connectivity index (χ1) is 13.1. The summed E-state index contributed by atoms with van der Waals surface area (Å²) in [5.74, 6) is 0.489. The van der Waals surface area contributed by atoms with E-state index in [1.807, 2.05) is 24.3 Å². The Hall–Kier alpha value is -2.29. The lowest BCUT2D eigenvalue weighted by atomic mass is 10.3. The zero-order valence-corrected chi connectivity index (χ0v) is 16.5. The predicted octanol–water partition coefficient (Wildman–Crippen LogP) is 4.09. The normalized spacial score (nSPS) is 10.6. The van der Waals surface area contributed by atoms with E-state index in [-0.39, 0.29) is 24.0 Å². The number of thiazole rings is 1. The molecule has 0 fully saturated rings. The number of hydrogen-bond acceptors (Lipinski definition) is 6. The summed E-state index contributed by atoms with van der Waals surface area (Å²) in [6, 6.07) is 10.8. The second-order valence-electron chi connectivity index (χ2n) is 5.40. The van der Waals surface area contributed by atoms with E-state index in [0.29, 0.717) is 22.4 Å². The Morgan fingerprint density at radius 2 is 2.04 bits per heavy atom. The third-order valence-corrected chi connectivity index (χ3v) is 5.44. The van der Waals surface area contributed by atoms with Crippen molar-refractivity contribution in [3.63, 3.8) is 0 Å². The van der Waals surface area contributed by atoms with E-state index in [2.05, 4.69) is 15.6 Å². The van der Waals surface area contributed by atoms with Crippen molar-refractivity contribution in [3.8, 4) is 0 Å². The number of carbonyl (C=O) groups is 2. The van der Waals surface area contributed by atoms with Crippen LogP contribution in [-0.2, 0) is 11.2 Å². The van der Waals surface area contributed by atoms with Gasteiger partial charge in [-0.1, -0.05) is 11.6 Å². The summed E-state index contributed by atoms with van der Waals surface area (Å²) in [5.41, 5.74) is 0.609. The number of halogens is 1. The largest absolute Gasteiger partial charge is 0.459 e. The van der Waals surface area contributed by atoms with Crippen molar-refractivity contribution in [1.82, 2.24) is 10.3 Å². The molecule has 0 bridgehead atoms. The molecule has 0 atom stereocenters. The molecule has 2 aromatic heterocycles. The standard InChI is InChI=1S/C18H16ClN3O3S2/c19-12-3-5-14(6-4-12)26-9-7-20-16(23)10-13-11-27-18(21-13)22-17(24)15-2-1-8-25-15/h1-6,8,11H,7,9-10H2,(H,20,23)(H,21,22,24). The number of furan rings is 1. The molecule has 2 N–H and O–H groups in total. The first-order valence-electron chi connectivity index (χ1n) is 8.04. The van der Waals surface area contributed by atoms with Gasteiger partial charge in [0.2, 0.25) is 5.91 Å². The Bertz CT molecular complexity index is 895. The first-order valence-corrected chi connectivity index (χ1v) is 10.3. The molecule has 2 amide bonds. The molecule has 0 aliphatic heterocycles. The average molecular weight is 422 g/mol. The van der Waals surface area contributed by atoms with Crippen LogP contribution in [-0.4, -0.2) is 29.1 Å². The van der Waals surface area contributed by atoms with Crippen LogP contribution in [0.25, 0.3) is 0 Å². The fraction of sp³-hybridized carbons (Fsp3) is 0.167. The van der Waals surface area contributed by atoms with Gasteiger partial charge >= 0.3 is 0 Å². The number of hydrogen-bond donors (Lipinski definition) is 2. The highest BCUT2D eigenvalue weighted by molar-refractivity contribution is 7.99. The van der Waals surface area contributed by atoms with Gasteiger partial charge in [-0.05, 0) is 36.4 Å². The summed E-state index contributed by atoms with van der Waals surface area (Å²) in [7, 11) is 0. The van der Waals surface area contributed by atoms with Crippen LogP contribution in [0.15, 0.2) is 57.4 Å². The molecular weight excluding hydrogens is 406 g/mol. The number of carbonyl (C=O) groups excluding carboxylic acids is 2. The Balaban J connectivity index is 1.38. The van der Waals surface area contributed by atoms with Crippen molar-refractivity contribution < 1.29 is 14.0 Å². The van der Waals surface area contributed by atoms with Gasteiger partial charge in [-0.3, -0.25) is 14.9 Å². The van der Waals surface area contributed by atoms with Crippen molar-refractivity contribution in [2.45, 2.75) is 11.3 Å². The van der Waals surface area contributed by atoms with Crippen molar-refractivity contribution in [2.24, 2.45) is 0 Å². The second kappa shape index (κ2) is 9.59. The highest BCUT2D eigenvalue weighted by atomic mass is 35.5. The third-order valence-electron chi connectivity index (χ3n) is 3.37. The monoisotopic (exact) mass is 421 g/mol. The molecular formula is C18H16ClN3O3S2. The number of rotatable bonds is 8. The Kier molecular flexibility index (Phi) is 6.92. The summed E-state index contributed by atoms with van der Waals surface area (Å²) < 4.78 is 5.02. The van der Waals surface area contributed by atoms with E-state index in [1.165, 1.54) is 17.6 Å². The lowest BCUT2D eigenvalue weighted by molar-refractivity contribution is -0.120. The van der Waals surface area contributed by atoms with Gasteiger partial charge < -0.3 is 9.73 Å². The molecule has 27 heavy (non-hydrogen) atoms. The molecule has 3 aromatic rings.